The van der Waals surface area contributed by atoms with Crippen LogP contribution in [0.4, 0.5) is 17.6 Å². The predicted molar refractivity (Wildman–Crippen MR) is 87.2 cm³/mol. The molecule has 9 heteroatoms. The van der Waals surface area contributed by atoms with Gasteiger partial charge in [-0.25, -0.2) is 9.07 Å². The number of rotatable bonds is 3. The first-order chi connectivity index (χ1) is 12.4. The lowest BCUT2D eigenvalue weighted by molar-refractivity contribution is -0.137. The fourth-order valence-corrected chi connectivity index (χ4v) is 2.37. The molecule has 0 unspecified atom stereocenters. The number of carbonyl (C=O) groups is 1. The Labute approximate surface area is 152 Å². The van der Waals surface area contributed by atoms with E-state index in [4.69, 9.17) is 4.42 Å². The molecule has 27 heavy (non-hydrogen) atoms. The van der Waals surface area contributed by atoms with Crippen molar-refractivity contribution in [3.05, 3.63) is 46.7 Å². The molecule has 0 bridgehead atoms. The zero-order chi connectivity index (χ0) is 20.0. The van der Waals surface area contributed by atoms with E-state index in [9.17, 15) is 22.4 Å². The molecular formula is C18H19F4N3O2. The lowest BCUT2D eigenvalue weighted by Crippen LogP contribution is -2.21. The highest BCUT2D eigenvalue weighted by Crippen LogP contribution is 2.31. The number of alkyl halides is 3. The Morgan fingerprint density at radius 2 is 1.96 bits per heavy atom. The number of hydrogen-bond donors (Lipinski definition) is 0. The quantitative estimate of drug-likeness (QED) is 0.748. The Bertz CT molecular complexity index is 931. The number of aromatic nitrogens is 2. The molecule has 0 saturated heterocycles. The van der Waals surface area contributed by atoms with E-state index in [2.05, 4.69) is 10.1 Å². The molecule has 1 amide bonds. The second-order valence-corrected chi connectivity index (χ2v) is 7.67. The third-order valence-corrected chi connectivity index (χ3v) is 4.11. The number of hydrogen-bond acceptors (Lipinski definition) is 3. The van der Waals surface area contributed by atoms with Gasteiger partial charge in [-0.15, -0.1) is 5.10 Å². The van der Waals surface area contributed by atoms with Gasteiger partial charge in [0.1, 0.15) is 5.82 Å². The highest BCUT2D eigenvalue weighted by atomic mass is 19.4. The van der Waals surface area contributed by atoms with Crippen LogP contribution in [-0.2, 0) is 18.1 Å². The second kappa shape index (κ2) is 6.61. The van der Waals surface area contributed by atoms with Crippen molar-refractivity contribution in [3.8, 4) is 0 Å². The Hall–Kier alpha value is -2.45. The smallest absolute Gasteiger partial charge is 0.407 e. The molecule has 1 aliphatic rings. The van der Waals surface area contributed by atoms with Gasteiger partial charge in [-0.05, 0) is 37.0 Å². The Morgan fingerprint density at radius 3 is 2.52 bits per heavy atom. The van der Waals surface area contributed by atoms with E-state index in [1.807, 2.05) is 20.8 Å². The van der Waals surface area contributed by atoms with E-state index >= 15 is 0 Å². The number of halogens is 4. The molecule has 0 N–H and O–H groups in total. The average Bonchev–Trinajstić information content (AvgIpc) is 3.26. The summed E-state index contributed by atoms with van der Waals surface area (Å²) >= 11 is 0. The summed E-state index contributed by atoms with van der Waals surface area (Å²) in [4.78, 5) is 16.1. The van der Waals surface area contributed by atoms with Crippen LogP contribution in [0.1, 0.15) is 55.4 Å². The van der Waals surface area contributed by atoms with E-state index in [0.29, 0.717) is 36.6 Å². The zero-order valence-corrected chi connectivity index (χ0v) is 15.1. The van der Waals surface area contributed by atoms with Crippen molar-refractivity contribution in [2.45, 2.75) is 51.7 Å². The molecule has 1 aromatic heterocycles. The zero-order valence-electron chi connectivity index (χ0n) is 15.1. The Morgan fingerprint density at radius 1 is 1.30 bits per heavy atom. The molecule has 0 atom stereocenters. The van der Waals surface area contributed by atoms with Crippen LogP contribution in [0, 0.1) is 11.7 Å². The lowest BCUT2D eigenvalue weighted by Gasteiger charge is -2.10. The van der Waals surface area contributed by atoms with Gasteiger partial charge in [0.2, 0.25) is 5.89 Å². The third kappa shape index (κ3) is 4.45. The molecule has 1 heterocycles. The molecule has 1 saturated carbocycles. The van der Waals surface area contributed by atoms with Gasteiger partial charge >= 0.3 is 11.9 Å². The number of carbonyl (C=O) groups excluding carboxylic acids is 1. The van der Waals surface area contributed by atoms with Crippen LogP contribution in [0.2, 0.25) is 0 Å². The first kappa shape index (κ1) is 19.3. The summed E-state index contributed by atoms with van der Waals surface area (Å²) in [5.41, 5.74) is -2.49. The summed E-state index contributed by atoms with van der Waals surface area (Å²) < 4.78 is 59.4. The summed E-state index contributed by atoms with van der Waals surface area (Å²) in [6, 6.07) is 1.63. The van der Waals surface area contributed by atoms with Gasteiger partial charge < -0.3 is 4.42 Å². The predicted octanol–water partition coefficient (Wildman–Crippen LogP) is 4.08. The summed E-state index contributed by atoms with van der Waals surface area (Å²) in [6.07, 6.45) is -2.67. The molecule has 3 rings (SSSR count). The summed E-state index contributed by atoms with van der Waals surface area (Å²) in [7, 11) is 0. The minimum absolute atomic E-state index is 0.145. The summed E-state index contributed by atoms with van der Waals surface area (Å²) in [5, 5.41) is 4.32. The van der Waals surface area contributed by atoms with Crippen molar-refractivity contribution in [2.24, 2.45) is 10.9 Å². The van der Waals surface area contributed by atoms with Crippen molar-refractivity contribution in [3.63, 3.8) is 0 Å². The highest BCUT2D eigenvalue weighted by Gasteiger charge is 2.32. The second-order valence-electron chi connectivity index (χ2n) is 7.67. The van der Waals surface area contributed by atoms with Crippen LogP contribution in [0.3, 0.4) is 0 Å². The van der Waals surface area contributed by atoms with Gasteiger partial charge in [0.15, 0.2) is 0 Å². The topological polar surface area (TPSA) is 60.4 Å². The third-order valence-electron chi connectivity index (χ3n) is 4.11. The van der Waals surface area contributed by atoms with Crippen molar-refractivity contribution in [2.75, 3.05) is 0 Å². The number of benzene rings is 1. The van der Waals surface area contributed by atoms with Crippen molar-refractivity contribution >= 4 is 5.91 Å². The largest absolute Gasteiger partial charge is 0.416 e. The summed E-state index contributed by atoms with van der Waals surface area (Å²) in [6.45, 7) is 6.06. The first-order valence-corrected chi connectivity index (χ1v) is 8.49. The van der Waals surface area contributed by atoms with E-state index in [1.54, 1.807) is 0 Å². The van der Waals surface area contributed by atoms with Crippen LogP contribution in [0.5, 0.6) is 0 Å². The lowest BCUT2D eigenvalue weighted by atomic mass is 9.97. The Kier molecular flexibility index (Phi) is 4.73. The fraction of sp³-hybridized carbons (Fsp3) is 0.500. The van der Waals surface area contributed by atoms with Crippen LogP contribution in [-0.4, -0.2) is 15.7 Å². The monoisotopic (exact) mass is 385 g/mol. The molecular weight excluding hydrogens is 366 g/mol. The van der Waals surface area contributed by atoms with Gasteiger partial charge in [0, 0.05) is 12.0 Å². The van der Waals surface area contributed by atoms with E-state index in [-0.39, 0.29) is 5.68 Å². The molecule has 1 aromatic carbocycles. The van der Waals surface area contributed by atoms with Crippen LogP contribution >= 0.6 is 0 Å². The molecule has 2 aromatic rings. The van der Waals surface area contributed by atoms with Crippen LogP contribution in [0.15, 0.2) is 27.6 Å². The maximum Gasteiger partial charge on any atom is 0.416 e. The molecule has 5 nitrogen and oxygen atoms in total. The minimum Gasteiger partial charge on any atom is -0.407 e. The van der Waals surface area contributed by atoms with Gasteiger partial charge in [-0.3, -0.25) is 4.79 Å². The van der Waals surface area contributed by atoms with E-state index in [0.717, 1.165) is 12.8 Å². The standard InChI is InChI=1S/C18H19F4N3O2/c1-17(2,3)15-24-25(9-10-4-5-10)16(27-15)23-14(26)12-8-11(18(20,21)22)6-7-13(12)19/h6-8,10H,4-5,9H2,1-3H3. The number of amides is 1. The van der Waals surface area contributed by atoms with E-state index in [1.165, 1.54) is 4.68 Å². The molecule has 0 spiro atoms. The Balaban J connectivity index is 2.03. The number of nitrogens with zero attached hydrogens (tertiary/aromatic N) is 3. The maximum atomic E-state index is 13.9. The van der Waals surface area contributed by atoms with Crippen LogP contribution < -0.4 is 5.68 Å². The summed E-state index contributed by atoms with van der Waals surface area (Å²) in [5.74, 6) is -1.51. The van der Waals surface area contributed by atoms with Gasteiger partial charge in [-0.2, -0.15) is 18.2 Å². The first-order valence-electron chi connectivity index (χ1n) is 8.49. The van der Waals surface area contributed by atoms with Crippen LogP contribution in [0.25, 0.3) is 0 Å². The van der Waals surface area contributed by atoms with Crippen molar-refractivity contribution in [1.29, 1.82) is 0 Å². The molecule has 146 valence electrons. The van der Waals surface area contributed by atoms with Gasteiger partial charge in [-0.1, -0.05) is 20.8 Å². The minimum atomic E-state index is -4.69. The van der Waals surface area contributed by atoms with Gasteiger partial charge in [0.05, 0.1) is 11.1 Å². The fourth-order valence-electron chi connectivity index (χ4n) is 2.37. The average molecular weight is 385 g/mol. The SMILES string of the molecule is CC(C)(C)c1nn(CC2CC2)c(=NC(=O)c2cc(C(F)(F)F)ccc2F)o1. The normalized spacial score (nSPS) is 16.0. The van der Waals surface area contributed by atoms with Crippen molar-refractivity contribution in [1.82, 2.24) is 9.78 Å². The van der Waals surface area contributed by atoms with E-state index < -0.39 is 34.4 Å². The molecule has 1 aliphatic carbocycles. The maximum absolute atomic E-state index is 13.9. The van der Waals surface area contributed by atoms with Crippen molar-refractivity contribution < 1.29 is 26.8 Å². The molecule has 0 aliphatic heterocycles. The van der Waals surface area contributed by atoms with Gasteiger partial charge in [0.25, 0.3) is 5.91 Å². The molecule has 0 radical (unpaired) electrons. The molecule has 1 fully saturated rings. The highest BCUT2D eigenvalue weighted by molar-refractivity contribution is 5.95.